The molecule has 1 N–H and O–H groups in total. The van der Waals surface area contributed by atoms with E-state index in [4.69, 9.17) is 4.42 Å². The summed E-state index contributed by atoms with van der Waals surface area (Å²) in [6.07, 6.45) is 7.25. The van der Waals surface area contributed by atoms with Gasteiger partial charge in [0.05, 0.1) is 30.4 Å². The summed E-state index contributed by atoms with van der Waals surface area (Å²) in [5, 5.41) is 14.5. The average molecular weight is 248 g/mol. The summed E-state index contributed by atoms with van der Waals surface area (Å²) in [7, 11) is 0. The van der Waals surface area contributed by atoms with Gasteiger partial charge in [0, 0.05) is 18.2 Å². The quantitative estimate of drug-likeness (QED) is 0.854. The second-order valence-corrected chi connectivity index (χ2v) is 4.53. The van der Waals surface area contributed by atoms with Crippen molar-refractivity contribution < 1.29 is 9.52 Å². The molecule has 4 heteroatoms. The van der Waals surface area contributed by atoms with Crippen LogP contribution in [0.15, 0.2) is 35.3 Å². The number of aliphatic hydroxyl groups excluding tert-OH is 1. The second-order valence-electron chi connectivity index (χ2n) is 4.53. The molecule has 2 heterocycles. The maximum Gasteiger partial charge on any atom is 0.0960 e. The molecule has 98 valence electrons. The lowest BCUT2D eigenvalue weighted by Gasteiger charge is -2.12. The molecule has 0 spiro atoms. The molecule has 2 aromatic heterocycles. The van der Waals surface area contributed by atoms with E-state index in [0.717, 1.165) is 24.1 Å². The highest BCUT2D eigenvalue weighted by molar-refractivity contribution is 5.13. The third kappa shape index (κ3) is 2.82. The van der Waals surface area contributed by atoms with Gasteiger partial charge >= 0.3 is 0 Å². The minimum Gasteiger partial charge on any atom is -0.472 e. The Morgan fingerprint density at radius 2 is 2.11 bits per heavy atom. The highest BCUT2D eigenvalue weighted by Gasteiger charge is 2.13. The van der Waals surface area contributed by atoms with Gasteiger partial charge in [0.1, 0.15) is 0 Å². The van der Waals surface area contributed by atoms with E-state index in [1.54, 1.807) is 18.6 Å². The molecular formula is C14H20N2O2. The van der Waals surface area contributed by atoms with Crippen molar-refractivity contribution in [1.29, 1.82) is 0 Å². The first-order valence-corrected chi connectivity index (χ1v) is 6.48. The van der Waals surface area contributed by atoms with Gasteiger partial charge in [0.2, 0.25) is 0 Å². The summed E-state index contributed by atoms with van der Waals surface area (Å²) < 4.78 is 6.96. The molecule has 2 rings (SSSR count). The molecule has 1 unspecified atom stereocenters. The van der Waals surface area contributed by atoms with E-state index in [0.29, 0.717) is 12.5 Å². The summed E-state index contributed by atoms with van der Waals surface area (Å²) in [6.45, 7) is 4.33. The molecule has 0 fully saturated rings. The third-order valence-electron chi connectivity index (χ3n) is 3.31. The highest BCUT2D eigenvalue weighted by Crippen LogP contribution is 2.19. The van der Waals surface area contributed by atoms with Gasteiger partial charge in [-0.25, -0.2) is 0 Å². The second kappa shape index (κ2) is 5.87. The molecule has 0 aliphatic heterocycles. The van der Waals surface area contributed by atoms with Crippen LogP contribution in [0, 0.1) is 0 Å². The Kier molecular flexibility index (Phi) is 4.20. The maximum atomic E-state index is 10.0. The molecule has 0 saturated heterocycles. The monoisotopic (exact) mass is 248 g/mol. The molecule has 18 heavy (non-hydrogen) atoms. The molecule has 4 nitrogen and oxygen atoms in total. The van der Waals surface area contributed by atoms with Crippen molar-refractivity contribution in [1.82, 2.24) is 9.78 Å². The zero-order chi connectivity index (χ0) is 13.0. The zero-order valence-electron chi connectivity index (χ0n) is 10.9. The lowest BCUT2D eigenvalue weighted by molar-refractivity contribution is 0.176. The number of nitrogens with zero attached hydrogens (tertiary/aromatic N) is 2. The Morgan fingerprint density at radius 1 is 1.33 bits per heavy atom. The van der Waals surface area contributed by atoms with Crippen molar-refractivity contribution in [2.75, 3.05) is 0 Å². The van der Waals surface area contributed by atoms with Gasteiger partial charge in [-0.1, -0.05) is 13.8 Å². The third-order valence-corrected chi connectivity index (χ3v) is 3.31. The number of furan rings is 1. The Balaban J connectivity index is 2.02. The summed E-state index contributed by atoms with van der Waals surface area (Å²) in [5.41, 5.74) is 1.71. The number of hydrogen-bond acceptors (Lipinski definition) is 3. The first-order valence-electron chi connectivity index (χ1n) is 6.48. The molecule has 0 amide bonds. The Hall–Kier alpha value is -1.55. The van der Waals surface area contributed by atoms with E-state index in [2.05, 4.69) is 18.9 Å². The normalized spacial score (nSPS) is 13.1. The first kappa shape index (κ1) is 12.9. The van der Waals surface area contributed by atoms with Gasteiger partial charge in [-0.3, -0.25) is 4.68 Å². The van der Waals surface area contributed by atoms with E-state index in [1.807, 2.05) is 16.9 Å². The topological polar surface area (TPSA) is 51.2 Å². The highest BCUT2D eigenvalue weighted by atomic mass is 16.3. The van der Waals surface area contributed by atoms with Crippen LogP contribution < -0.4 is 0 Å². The van der Waals surface area contributed by atoms with E-state index in [9.17, 15) is 5.11 Å². The summed E-state index contributed by atoms with van der Waals surface area (Å²) in [4.78, 5) is 0. The number of rotatable bonds is 6. The smallest absolute Gasteiger partial charge is 0.0960 e. The predicted octanol–water partition coefficient (Wildman–Crippen LogP) is 3.11. The fourth-order valence-corrected chi connectivity index (χ4v) is 2.13. The molecular weight excluding hydrogens is 228 g/mol. The lowest BCUT2D eigenvalue weighted by Crippen LogP contribution is -2.09. The first-order chi connectivity index (χ1) is 8.74. The van der Waals surface area contributed by atoms with Crippen molar-refractivity contribution in [2.24, 2.45) is 0 Å². The van der Waals surface area contributed by atoms with Crippen LogP contribution >= 0.6 is 0 Å². The average Bonchev–Trinajstić information content (AvgIpc) is 3.01. The van der Waals surface area contributed by atoms with Crippen molar-refractivity contribution in [3.05, 3.63) is 42.1 Å². The van der Waals surface area contributed by atoms with Gasteiger partial charge in [-0.05, 0) is 25.0 Å². The standard InChI is InChI=1S/C14H20N2O2/c1-3-13(4-2)16-7-5-12(15-16)9-14(17)11-6-8-18-10-11/h5-8,10,13-14,17H,3-4,9H2,1-2H3. The minimum absolute atomic E-state index is 0.449. The van der Waals surface area contributed by atoms with E-state index < -0.39 is 6.10 Å². The zero-order valence-corrected chi connectivity index (χ0v) is 10.9. The molecule has 0 aliphatic rings. The van der Waals surface area contributed by atoms with Gasteiger partial charge in [-0.2, -0.15) is 5.10 Å². The summed E-state index contributed by atoms with van der Waals surface area (Å²) >= 11 is 0. The van der Waals surface area contributed by atoms with Crippen LogP contribution in [0.2, 0.25) is 0 Å². The molecule has 0 aliphatic carbocycles. The van der Waals surface area contributed by atoms with E-state index >= 15 is 0 Å². The Labute approximate surface area is 107 Å². The van der Waals surface area contributed by atoms with Gasteiger partial charge < -0.3 is 9.52 Å². The molecule has 1 atom stereocenters. The fourth-order valence-electron chi connectivity index (χ4n) is 2.13. The van der Waals surface area contributed by atoms with Crippen LogP contribution in [0.4, 0.5) is 0 Å². The fraction of sp³-hybridized carbons (Fsp3) is 0.500. The number of aliphatic hydroxyl groups is 1. The van der Waals surface area contributed by atoms with Crippen LogP contribution in [-0.4, -0.2) is 14.9 Å². The van der Waals surface area contributed by atoms with Crippen molar-refractivity contribution in [3.63, 3.8) is 0 Å². The van der Waals surface area contributed by atoms with Crippen molar-refractivity contribution in [2.45, 2.75) is 45.3 Å². The van der Waals surface area contributed by atoms with Crippen LogP contribution in [0.1, 0.15) is 50.1 Å². The van der Waals surface area contributed by atoms with Gasteiger partial charge in [0.25, 0.3) is 0 Å². The molecule has 2 aromatic rings. The van der Waals surface area contributed by atoms with Crippen LogP contribution in [-0.2, 0) is 6.42 Å². The van der Waals surface area contributed by atoms with Crippen LogP contribution in [0.5, 0.6) is 0 Å². The SMILES string of the molecule is CCC(CC)n1ccc(CC(O)c2ccoc2)n1. The van der Waals surface area contributed by atoms with Crippen LogP contribution in [0.3, 0.4) is 0 Å². The molecule has 0 aromatic carbocycles. The minimum atomic E-state index is -0.547. The predicted molar refractivity (Wildman–Crippen MR) is 69.2 cm³/mol. The number of hydrogen-bond donors (Lipinski definition) is 1. The Morgan fingerprint density at radius 3 is 2.72 bits per heavy atom. The molecule has 0 bridgehead atoms. The van der Waals surface area contributed by atoms with Gasteiger partial charge in [-0.15, -0.1) is 0 Å². The van der Waals surface area contributed by atoms with Crippen molar-refractivity contribution >= 4 is 0 Å². The largest absolute Gasteiger partial charge is 0.472 e. The maximum absolute atomic E-state index is 10.0. The molecule has 0 radical (unpaired) electrons. The van der Waals surface area contributed by atoms with E-state index in [-0.39, 0.29) is 0 Å². The summed E-state index contributed by atoms with van der Waals surface area (Å²) in [6, 6.07) is 4.20. The Bertz CT molecular complexity index is 458. The van der Waals surface area contributed by atoms with Crippen molar-refractivity contribution in [3.8, 4) is 0 Å². The van der Waals surface area contributed by atoms with Crippen LogP contribution in [0.25, 0.3) is 0 Å². The van der Waals surface area contributed by atoms with Gasteiger partial charge in [0.15, 0.2) is 0 Å². The lowest BCUT2D eigenvalue weighted by atomic mass is 10.1. The summed E-state index contributed by atoms with van der Waals surface area (Å²) in [5.74, 6) is 0. The number of aromatic nitrogens is 2. The molecule has 0 saturated carbocycles. The van der Waals surface area contributed by atoms with E-state index in [1.165, 1.54) is 0 Å².